The third kappa shape index (κ3) is 3.77. The fourth-order valence-electron chi connectivity index (χ4n) is 2.23. The van der Waals surface area contributed by atoms with Crippen LogP contribution in [0.4, 0.5) is 11.4 Å². The van der Waals surface area contributed by atoms with Crippen molar-refractivity contribution in [3.63, 3.8) is 0 Å². The third-order valence-electron chi connectivity index (χ3n) is 3.43. The van der Waals surface area contributed by atoms with Crippen LogP contribution in [0.5, 0.6) is 0 Å². The highest BCUT2D eigenvalue weighted by Gasteiger charge is 2.12. The van der Waals surface area contributed by atoms with Gasteiger partial charge in [0.05, 0.1) is 17.2 Å². The lowest BCUT2D eigenvalue weighted by molar-refractivity contribution is 0.417. The first-order valence-corrected chi connectivity index (χ1v) is 7.15. The standard InChI is InChI=1S/C17H23N5/c1-13(18)22(10-9-21(2)3)17-7-6-14(11-16(17)19)15-5-4-8-20-12-15/h4-8,11-12H,1,9-10,18-19H2,2-3H3. The van der Waals surface area contributed by atoms with Gasteiger partial charge in [0.1, 0.15) is 0 Å². The Hall–Kier alpha value is -2.53. The largest absolute Gasteiger partial charge is 0.397 e. The number of pyridine rings is 1. The van der Waals surface area contributed by atoms with Gasteiger partial charge < -0.3 is 21.3 Å². The summed E-state index contributed by atoms with van der Waals surface area (Å²) in [7, 11) is 4.04. The highest BCUT2D eigenvalue weighted by Crippen LogP contribution is 2.30. The summed E-state index contributed by atoms with van der Waals surface area (Å²) in [5.41, 5.74) is 15.8. The van der Waals surface area contributed by atoms with Gasteiger partial charge in [-0.05, 0) is 37.9 Å². The normalized spacial score (nSPS) is 10.7. The predicted molar refractivity (Wildman–Crippen MR) is 93.3 cm³/mol. The molecule has 0 fully saturated rings. The van der Waals surface area contributed by atoms with Crippen LogP contribution < -0.4 is 16.4 Å². The van der Waals surface area contributed by atoms with Crippen LogP contribution in [0.1, 0.15) is 0 Å². The first-order valence-electron chi connectivity index (χ1n) is 7.15. The Morgan fingerprint density at radius 3 is 2.50 bits per heavy atom. The lowest BCUT2D eigenvalue weighted by Gasteiger charge is -2.27. The molecule has 0 spiro atoms. The van der Waals surface area contributed by atoms with Gasteiger partial charge in [0.25, 0.3) is 0 Å². The van der Waals surface area contributed by atoms with Crippen LogP contribution >= 0.6 is 0 Å². The van der Waals surface area contributed by atoms with Gasteiger partial charge in [-0.3, -0.25) is 4.98 Å². The van der Waals surface area contributed by atoms with Gasteiger partial charge in [-0.1, -0.05) is 18.7 Å². The van der Waals surface area contributed by atoms with Crippen molar-refractivity contribution in [2.75, 3.05) is 37.8 Å². The minimum atomic E-state index is 0.489. The summed E-state index contributed by atoms with van der Waals surface area (Å²) in [5.74, 6) is 0.489. The molecule has 116 valence electrons. The summed E-state index contributed by atoms with van der Waals surface area (Å²) in [6, 6.07) is 9.86. The van der Waals surface area contributed by atoms with Gasteiger partial charge in [-0.15, -0.1) is 0 Å². The van der Waals surface area contributed by atoms with E-state index >= 15 is 0 Å². The molecule has 5 heteroatoms. The number of anilines is 2. The summed E-state index contributed by atoms with van der Waals surface area (Å²) in [6.45, 7) is 5.45. The fourth-order valence-corrected chi connectivity index (χ4v) is 2.23. The van der Waals surface area contributed by atoms with Gasteiger partial charge in [0, 0.05) is 31.0 Å². The number of hydrogen-bond donors (Lipinski definition) is 2. The van der Waals surface area contributed by atoms with Gasteiger partial charge in [-0.25, -0.2) is 0 Å². The first kappa shape index (κ1) is 15.9. The van der Waals surface area contributed by atoms with E-state index in [2.05, 4.69) is 16.5 Å². The van der Waals surface area contributed by atoms with Gasteiger partial charge in [0.2, 0.25) is 0 Å². The Morgan fingerprint density at radius 1 is 1.18 bits per heavy atom. The molecule has 2 aromatic rings. The van der Waals surface area contributed by atoms with Crippen molar-refractivity contribution in [3.05, 3.63) is 55.1 Å². The Labute approximate surface area is 131 Å². The number of nitrogen functional groups attached to an aromatic ring is 1. The number of hydrogen-bond acceptors (Lipinski definition) is 5. The summed E-state index contributed by atoms with van der Waals surface area (Å²) in [4.78, 5) is 8.16. The van der Waals surface area contributed by atoms with E-state index in [1.807, 2.05) is 55.5 Å². The predicted octanol–water partition coefficient (Wildman–Crippen LogP) is 2.13. The van der Waals surface area contributed by atoms with Crippen molar-refractivity contribution in [2.24, 2.45) is 5.73 Å². The molecule has 5 nitrogen and oxygen atoms in total. The van der Waals surface area contributed by atoms with Gasteiger partial charge in [-0.2, -0.15) is 0 Å². The molecular formula is C17H23N5. The molecule has 0 bridgehead atoms. The lowest BCUT2D eigenvalue weighted by Crippen LogP contribution is -2.34. The van der Waals surface area contributed by atoms with Crippen molar-refractivity contribution >= 4 is 11.4 Å². The van der Waals surface area contributed by atoms with Crippen molar-refractivity contribution in [1.29, 1.82) is 0 Å². The van der Waals surface area contributed by atoms with Gasteiger partial charge in [0.15, 0.2) is 0 Å². The maximum Gasteiger partial charge on any atom is 0.0958 e. The molecule has 1 aromatic carbocycles. The molecule has 0 atom stereocenters. The molecule has 0 saturated heterocycles. The van der Waals surface area contributed by atoms with Gasteiger partial charge >= 0.3 is 0 Å². The topological polar surface area (TPSA) is 71.4 Å². The highest BCUT2D eigenvalue weighted by atomic mass is 15.2. The van der Waals surface area contributed by atoms with Crippen LogP contribution in [0.25, 0.3) is 11.1 Å². The zero-order valence-electron chi connectivity index (χ0n) is 13.2. The smallest absolute Gasteiger partial charge is 0.0958 e. The van der Waals surface area contributed by atoms with E-state index in [0.29, 0.717) is 11.5 Å². The second-order valence-corrected chi connectivity index (χ2v) is 5.46. The monoisotopic (exact) mass is 297 g/mol. The molecule has 0 aliphatic carbocycles. The van der Waals surface area contributed by atoms with E-state index in [0.717, 1.165) is 29.9 Å². The molecule has 4 N–H and O–H groups in total. The van der Waals surface area contributed by atoms with E-state index in [1.54, 1.807) is 6.20 Å². The minimum Gasteiger partial charge on any atom is -0.397 e. The second kappa shape index (κ2) is 6.95. The van der Waals surface area contributed by atoms with Crippen LogP contribution in [0.2, 0.25) is 0 Å². The SMILES string of the molecule is C=C(N)N(CCN(C)C)c1ccc(-c2cccnc2)cc1N. The molecular weight excluding hydrogens is 274 g/mol. The second-order valence-electron chi connectivity index (χ2n) is 5.46. The number of rotatable bonds is 6. The summed E-state index contributed by atoms with van der Waals surface area (Å²) in [5, 5.41) is 0. The number of nitrogens with zero attached hydrogens (tertiary/aromatic N) is 3. The quantitative estimate of drug-likeness (QED) is 0.799. The average molecular weight is 297 g/mol. The maximum absolute atomic E-state index is 6.23. The summed E-state index contributed by atoms with van der Waals surface area (Å²) >= 11 is 0. The molecule has 22 heavy (non-hydrogen) atoms. The molecule has 0 radical (unpaired) electrons. The van der Waals surface area contributed by atoms with E-state index < -0.39 is 0 Å². The Morgan fingerprint density at radius 2 is 1.95 bits per heavy atom. The highest BCUT2D eigenvalue weighted by molar-refractivity contribution is 5.77. The molecule has 0 aliphatic heterocycles. The molecule has 0 aliphatic rings. The lowest BCUT2D eigenvalue weighted by atomic mass is 10.1. The van der Waals surface area contributed by atoms with Crippen LogP contribution in [0.15, 0.2) is 55.1 Å². The molecule has 2 rings (SSSR count). The maximum atomic E-state index is 6.23. The van der Waals surface area contributed by atoms with Crippen molar-refractivity contribution in [3.8, 4) is 11.1 Å². The van der Waals surface area contributed by atoms with E-state index in [-0.39, 0.29) is 0 Å². The number of aromatic nitrogens is 1. The van der Waals surface area contributed by atoms with E-state index in [1.165, 1.54) is 0 Å². The Bertz CT molecular complexity index is 637. The number of nitrogens with two attached hydrogens (primary N) is 2. The van der Waals surface area contributed by atoms with Crippen LogP contribution in [-0.2, 0) is 0 Å². The van der Waals surface area contributed by atoms with E-state index in [4.69, 9.17) is 11.5 Å². The Balaban J connectivity index is 2.29. The number of benzene rings is 1. The zero-order valence-corrected chi connectivity index (χ0v) is 13.2. The van der Waals surface area contributed by atoms with Crippen molar-refractivity contribution in [2.45, 2.75) is 0 Å². The molecule has 0 saturated carbocycles. The van der Waals surface area contributed by atoms with Crippen LogP contribution in [-0.4, -0.2) is 37.1 Å². The average Bonchev–Trinajstić information content (AvgIpc) is 2.49. The fraction of sp³-hybridized carbons (Fsp3) is 0.235. The van der Waals surface area contributed by atoms with Crippen molar-refractivity contribution in [1.82, 2.24) is 9.88 Å². The van der Waals surface area contributed by atoms with Crippen LogP contribution in [0, 0.1) is 0 Å². The van der Waals surface area contributed by atoms with E-state index in [9.17, 15) is 0 Å². The number of likely N-dealkylation sites (N-methyl/N-ethyl adjacent to an activating group) is 1. The van der Waals surface area contributed by atoms with Crippen molar-refractivity contribution < 1.29 is 0 Å². The zero-order chi connectivity index (χ0) is 16.1. The Kier molecular flexibility index (Phi) is 5.01. The summed E-state index contributed by atoms with van der Waals surface area (Å²) < 4.78 is 0. The molecule has 0 unspecified atom stereocenters. The molecule has 1 heterocycles. The molecule has 0 amide bonds. The minimum absolute atomic E-state index is 0.489. The third-order valence-corrected chi connectivity index (χ3v) is 3.43. The first-order chi connectivity index (χ1) is 10.5. The molecule has 1 aromatic heterocycles. The summed E-state index contributed by atoms with van der Waals surface area (Å²) in [6.07, 6.45) is 3.57. The van der Waals surface area contributed by atoms with Crippen LogP contribution in [0.3, 0.4) is 0 Å².